The highest BCUT2D eigenvalue weighted by Crippen LogP contribution is 2.06. The molecule has 0 aliphatic rings. The Hall–Kier alpha value is -1.83. The van der Waals surface area contributed by atoms with E-state index in [1.54, 1.807) is 0 Å². The first-order valence-electron chi connectivity index (χ1n) is 5.77. The highest BCUT2D eigenvalue weighted by Gasteiger charge is 2.04. The Morgan fingerprint density at radius 2 is 2.12 bits per heavy atom. The van der Waals surface area contributed by atoms with E-state index in [1.807, 2.05) is 25.1 Å². The van der Waals surface area contributed by atoms with Crippen molar-refractivity contribution in [2.24, 2.45) is 0 Å². The van der Waals surface area contributed by atoms with Gasteiger partial charge in [-0.15, -0.1) is 0 Å². The van der Waals surface area contributed by atoms with Crippen molar-refractivity contribution < 1.29 is 9.53 Å². The summed E-state index contributed by atoms with van der Waals surface area (Å²) in [6.07, 6.45) is 7.00. The summed E-state index contributed by atoms with van der Waals surface area (Å²) >= 11 is 0. The molecule has 0 spiro atoms. The normalized spacial score (nSPS) is 12.3. The monoisotopic (exact) mass is 230 g/mol. The Labute approximate surface area is 103 Å². The Morgan fingerprint density at radius 1 is 1.41 bits per heavy atom. The Kier molecular flexibility index (Phi) is 5.80. The maximum Gasteiger partial charge on any atom is 0.330 e. The van der Waals surface area contributed by atoms with Gasteiger partial charge in [0.25, 0.3) is 0 Å². The summed E-state index contributed by atoms with van der Waals surface area (Å²) in [5.74, 6) is -0.357. The van der Waals surface area contributed by atoms with Crippen LogP contribution in [0.4, 0.5) is 0 Å². The minimum absolute atomic E-state index is 0.0686. The van der Waals surface area contributed by atoms with Gasteiger partial charge in [0.05, 0.1) is 6.10 Å². The Bertz CT molecular complexity index is 379. The molecule has 2 heteroatoms. The predicted octanol–water partition coefficient (Wildman–Crippen LogP) is 3.60. The lowest BCUT2D eigenvalue weighted by Gasteiger charge is -2.09. The number of esters is 1. The van der Waals surface area contributed by atoms with Gasteiger partial charge in [-0.2, -0.15) is 0 Å². The topological polar surface area (TPSA) is 26.3 Å². The van der Waals surface area contributed by atoms with Crippen molar-refractivity contribution in [3.8, 4) is 0 Å². The van der Waals surface area contributed by atoms with Gasteiger partial charge in [-0.1, -0.05) is 49.1 Å². The summed E-state index contributed by atoms with van der Waals surface area (Å²) in [6.45, 7) is 5.25. The molecule has 0 aromatic heterocycles. The summed E-state index contributed by atoms with van der Waals surface area (Å²) in [6, 6.07) is 10.1. The van der Waals surface area contributed by atoms with E-state index < -0.39 is 0 Å². The fraction of sp³-hybridized carbons (Fsp3) is 0.267. The molecule has 0 saturated carbocycles. The summed E-state index contributed by atoms with van der Waals surface area (Å²) < 4.78 is 5.06. The first-order chi connectivity index (χ1) is 8.22. The fourth-order valence-corrected chi connectivity index (χ4v) is 1.42. The average Bonchev–Trinajstić information content (AvgIpc) is 2.36. The van der Waals surface area contributed by atoms with Gasteiger partial charge in [-0.05, 0) is 25.3 Å². The maximum absolute atomic E-state index is 10.9. The molecule has 0 amide bonds. The largest absolute Gasteiger partial charge is 0.460 e. The number of carbonyl (C=O) groups is 1. The van der Waals surface area contributed by atoms with Crippen LogP contribution in [0, 0.1) is 0 Å². The van der Waals surface area contributed by atoms with Crippen molar-refractivity contribution in [1.82, 2.24) is 0 Å². The highest BCUT2D eigenvalue weighted by molar-refractivity contribution is 5.81. The fourth-order valence-electron chi connectivity index (χ4n) is 1.42. The molecule has 0 N–H and O–H groups in total. The molecule has 1 aromatic carbocycles. The van der Waals surface area contributed by atoms with Gasteiger partial charge in [-0.3, -0.25) is 0 Å². The summed E-state index contributed by atoms with van der Waals surface area (Å²) in [5, 5.41) is 0. The molecule has 0 fully saturated rings. The van der Waals surface area contributed by atoms with E-state index in [2.05, 4.69) is 30.9 Å². The van der Waals surface area contributed by atoms with Crippen LogP contribution in [-0.4, -0.2) is 12.1 Å². The Morgan fingerprint density at radius 3 is 2.76 bits per heavy atom. The quantitative estimate of drug-likeness (QED) is 0.551. The van der Waals surface area contributed by atoms with Gasteiger partial charge >= 0.3 is 5.97 Å². The SMILES string of the molecule is C=CC(=O)OC(C)CCC=Cc1ccccc1. The van der Waals surface area contributed by atoms with E-state index in [4.69, 9.17) is 4.74 Å². The molecule has 1 unspecified atom stereocenters. The van der Waals surface area contributed by atoms with Crippen molar-refractivity contribution in [2.75, 3.05) is 0 Å². The van der Waals surface area contributed by atoms with Gasteiger partial charge in [0, 0.05) is 6.08 Å². The van der Waals surface area contributed by atoms with Gasteiger partial charge < -0.3 is 4.74 Å². The minimum Gasteiger partial charge on any atom is -0.460 e. The van der Waals surface area contributed by atoms with Crippen molar-refractivity contribution in [3.63, 3.8) is 0 Å². The van der Waals surface area contributed by atoms with E-state index in [1.165, 1.54) is 11.6 Å². The molecule has 0 saturated heterocycles. The number of rotatable bonds is 6. The van der Waals surface area contributed by atoms with Crippen LogP contribution in [0.15, 0.2) is 49.1 Å². The van der Waals surface area contributed by atoms with Crippen molar-refractivity contribution in [2.45, 2.75) is 25.9 Å². The van der Waals surface area contributed by atoms with Crippen molar-refractivity contribution in [1.29, 1.82) is 0 Å². The summed E-state index contributed by atoms with van der Waals surface area (Å²) in [4.78, 5) is 10.9. The van der Waals surface area contributed by atoms with Crippen LogP contribution in [0.25, 0.3) is 6.08 Å². The molecule has 17 heavy (non-hydrogen) atoms. The number of hydrogen-bond donors (Lipinski definition) is 0. The van der Waals surface area contributed by atoms with E-state index >= 15 is 0 Å². The lowest BCUT2D eigenvalue weighted by molar-refractivity contribution is -0.142. The molecular weight excluding hydrogens is 212 g/mol. The van der Waals surface area contributed by atoms with Gasteiger partial charge in [-0.25, -0.2) is 4.79 Å². The third-order valence-corrected chi connectivity index (χ3v) is 2.33. The van der Waals surface area contributed by atoms with Gasteiger partial charge in [0.1, 0.15) is 0 Å². The number of hydrogen-bond acceptors (Lipinski definition) is 2. The first-order valence-corrected chi connectivity index (χ1v) is 5.77. The van der Waals surface area contributed by atoms with Crippen molar-refractivity contribution in [3.05, 3.63) is 54.6 Å². The second-order valence-corrected chi connectivity index (χ2v) is 3.84. The zero-order valence-corrected chi connectivity index (χ0v) is 10.1. The van der Waals surface area contributed by atoms with Gasteiger partial charge in [0.2, 0.25) is 0 Å². The van der Waals surface area contributed by atoms with Crippen LogP contribution < -0.4 is 0 Å². The van der Waals surface area contributed by atoms with E-state index in [-0.39, 0.29) is 12.1 Å². The second kappa shape index (κ2) is 7.44. The standard InChI is InChI=1S/C15H18O2/c1-3-15(16)17-13(2)9-7-8-12-14-10-5-4-6-11-14/h3-6,8,10-13H,1,7,9H2,2H3. The lowest BCUT2D eigenvalue weighted by Crippen LogP contribution is -2.12. The highest BCUT2D eigenvalue weighted by atomic mass is 16.5. The van der Waals surface area contributed by atoms with Crippen molar-refractivity contribution >= 4 is 12.0 Å². The molecule has 1 rings (SSSR count). The third-order valence-electron chi connectivity index (χ3n) is 2.33. The zero-order chi connectivity index (χ0) is 12.5. The number of ether oxygens (including phenoxy) is 1. The maximum atomic E-state index is 10.9. The lowest BCUT2D eigenvalue weighted by atomic mass is 10.1. The Balaban J connectivity index is 2.26. The van der Waals surface area contributed by atoms with E-state index in [0.29, 0.717) is 0 Å². The number of allylic oxidation sites excluding steroid dienone is 1. The molecule has 1 atom stereocenters. The smallest absolute Gasteiger partial charge is 0.330 e. The molecule has 1 aromatic rings. The van der Waals surface area contributed by atoms with E-state index in [0.717, 1.165) is 12.8 Å². The van der Waals surface area contributed by atoms with Gasteiger partial charge in [0.15, 0.2) is 0 Å². The van der Waals surface area contributed by atoms with Crippen LogP contribution in [0.3, 0.4) is 0 Å². The molecule has 2 nitrogen and oxygen atoms in total. The third kappa shape index (κ3) is 5.71. The molecule has 0 aliphatic heterocycles. The number of carbonyl (C=O) groups excluding carboxylic acids is 1. The second-order valence-electron chi connectivity index (χ2n) is 3.84. The molecule has 0 radical (unpaired) electrons. The first kappa shape index (κ1) is 13.2. The molecule has 90 valence electrons. The summed E-state index contributed by atoms with van der Waals surface area (Å²) in [5.41, 5.74) is 1.18. The summed E-state index contributed by atoms with van der Waals surface area (Å²) in [7, 11) is 0. The van der Waals surface area contributed by atoms with Crippen LogP contribution in [0.2, 0.25) is 0 Å². The molecular formula is C15H18O2. The predicted molar refractivity (Wildman–Crippen MR) is 70.5 cm³/mol. The van der Waals surface area contributed by atoms with Crippen LogP contribution >= 0.6 is 0 Å². The van der Waals surface area contributed by atoms with E-state index in [9.17, 15) is 4.79 Å². The van der Waals surface area contributed by atoms with Crippen LogP contribution in [0.1, 0.15) is 25.3 Å². The molecule has 0 bridgehead atoms. The zero-order valence-electron chi connectivity index (χ0n) is 10.1. The number of benzene rings is 1. The minimum atomic E-state index is -0.357. The molecule has 0 aliphatic carbocycles. The average molecular weight is 230 g/mol. The van der Waals surface area contributed by atoms with Crippen LogP contribution in [-0.2, 0) is 9.53 Å². The molecule has 0 heterocycles. The van der Waals surface area contributed by atoms with Crippen LogP contribution in [0.5, 0.6) is 0 Å².